The predicted molar refractivity (Wildman–Crippen MR) is 87.2 cm³/mol. The highest BCUT2D eigenvalue weighted by Crippen LogP contribution is 2.22. The molecule has 3 rings (SSSR count). The molecule has 7 heteroatoms. The lowest BCUT2D eigenvalue weighted by Gasteiger charge is -2.24. The molecule has 1 aromatic carbocycles. The Hall–Kier alpha value is -2.25. The standard InChI is InChI=1S/C17H22N4O3/c1-24-12-13-4-2-5-14(8-13)17(23)21-7-3-6-16(21)10-20-9-15(11-22)18-19-20/h2,4-5,8-9,16,22H,3,6-7,10-12H2,1H3/t16-/m0/s1. The van der Waals surface area contributed by atoms with Gasteiger partial charge in [-0.3, -0.25) is 9.48 Å². The second kappa shape index (κ2) is 7.55. The predicted octanol–water partition coefficient (Wildman–Crippen LogP) is 1.22. The van der Waals surface area contributed by atoms with Crippen molar-refractivity contribution in [1.82, 2.24) is 19.9 Å². The fourth-order valence-corrected chi connectivity index (χ4v) is 3.14. The van der Waals surface area contributed by atoms with Crippen molar-refractivity contribution in [2.45, 2.75) is 38.6 Å². The SMILES string of the molecule is COCc1cccc(C(=O)N2CCC[C@H]2Cn2cc(CO)nn2)c1. The van der Waals surface area contributed by atoms with E-state index in [2.05, 4.69) is 10.3 Å². The van der Waals surface area contributed by atoms with E-state index >= 15 is 0 Å². The van der Waals surface area contributed by atoms with Crippen LogP contribution in [0.4, 0.5) is 0 Å². The number of benzene rings is 1. The number of methoxy groups -OCH3 is 1. The van der Waals surface area contributed by atoms with Crippen LogP contribution in [0.25, 0.3) is 0 Å². The van der Waals surface area contributed by atoms with Gasteiger partial charge < -0.3 is 14.7 Å². The number of nitrogens with zero attached hydrogens (tertiary/aromatic N) is 4. The van der Waals surface area contributed by atoms with Crippen LogP contribution < -0.4 is 0 Å². The van der Waals surface area contributed by atoms with Gasteiger partial charge in [-0.15, -0.1) is 5.10 Å². The van der Waals surface area contributed by atoms with Crippen LogP contribution >= 0.6 is 0 Å². The molecule has 0 aliphatic carbocycles. The zero-order valence-corrected chi connectivity index (χ0v) is 13.8. The van der Waals surface area contributed by atoms with Crippen LogP contribution in [0.5, 0.6) is 0 Å². The molecule has 24 heavy (non-hydrogen) atoms. The first-order valence-corrected chi connectivity index (χ1v) is 8.10. The monoisotopic (exact) mass is 330 g/mol. The number of hydrogen-bond donors (Lipinski definition) is 1. The summed E-state index contributed by atoms with van der Waals surface area (Å²) in [6.45, 7) is 1.71. The van der Waals surface area contributed by atoms with E-state index in [1.807, 2.05) is 29.2 Å². The van der Waals surface area contributed by atoms with Gasteiger partial charge in [0.15, 0.2) is 0 Å². The zero-order chi connectivity index (χ0) is 16.9. The summed E-state index contributed by atoms with van der Waals surface area (Å²) in [5.41, 5.74) is 2.21. The van der Waals surface area contributed by atoms with Gasteiger partial charge in [0.1, 0.15) is 5.69 Å². The van der Waals surface area contributed by atoms with Gasteiger partial charge in [-0.25, -0.2) is 0 Å². The first kappa shape index (κ1) is 16.6. The number of carbonyl (C=O) groups is 1. The molecule has 1 amide bonds. The van der Waals surface area contributed by atoms with Crippen LogP contribution in [0.1, 0.15) is 34.5 Å². The van der Waals surface area contributed by atoms with Crippen molar-refractivity contribution >= 4 is 5.91 Å². The second-order valence-electron chi connectivity index (χ2n) is 6.02. The van der Waals surface area contributed by atoms with Gasteiger partial charge >= 0.3 is 0 Å². The lowest BCUT2D eigenvalue weighted by Crippen LogP contribution is -2.38. The van der Waals surface area contributed by atoms with Crippen LogP contribution in [0.3, 0.4) is 0 Å². The van der Waals surface area contributed by atoms with Crippen molar-refractivity contribution in [2.24, 2.45) is 0 Å². The van der Waals surface area contributed by atoms with Crippen LogP contribution in [0.15, 0.2) is 30.5 Å². The Balaban J connectivity index is 1.72. The second-order valence-corrected chi connectivity index (χ2v) is 6.02. The number of aliphatic hydroxyl groups is 1. The highest BCUT2D eigenvalue weighted by Gasteiger charge is 2.30. The maximum absolute atomic E-state index is 12.9. The topological polar surface area (TPSA) is 80.5 Å². The van der Waals surface area contributed by atoms with E-state index < -0.39 is 0 Å². The van der Waals surface area contributed by atoms with Gasteiger partial charge in [0.25, 0.3) is 5.91 Å². The number of aliphatic hydroxyl groups excluding tert-OH is 1. The normalized spacial score (nSPS) is 17.4. The maximum Gasteiger partial charge on any atom is 0.254 e. The summed E-state index contributed by atoms with van der Waals surface area (Å²) in [6.07, 6.45) is 3.65. The molecule has 0 spiro atoms. The molecule has 0 radical (unpaired) electrons. The highest BCUT2D eigenvalue weighted by atomic mass is 16.5. The van der Waals surface area contributed by atoms with E-state index in [9.17, 15) is 4.79 Å². The molecule has 1 aliphatic heterocycles. The molecule has 2 heterocycles. The van der Waals surface area contributed by atoms with Gasteiger partial charge in [-0.05, 0) is 30.5 Å². The molecule has 0 unspecified atom stereocenters. The molecule has 0 saturated carbocycles. The number of aromatic nitrogens is 3. The van der Waals surface area contributed by atoms with E-state index in [1.54, 1.807) is 18.0 Å². The molecular weight excluding hydrogens is 308 g/mol. The fraction of sp³-hybridized carbons (Fsp3) is 0.471. The van der Waals surface area contributed by atoms with Crippen molar-refractivity contribution < 1.29 is 14.6 Å². The summed E-state index contributed by atoms with van der Waals surface area (Å²) >= 11 is 0. The number of ether oxygens (including phenoxy) is 1. The first-order valence-electron chi connectivity index (χ1n) is 8.10. The smallest absolute Gasteiger partial charge is 0.254 e. The molecule has 1 N–H and O–H groups in total. The summed E-state index contributed by atoms with van der Waals surface area (Å²) in [4.78, 5) is 14.8. The number of hydrogen-bond acceptors (Lipinski definition) is 5. The Labute approximate surface area is 140 Å². The molecule has 2 aromatic rings. The molecule has 1 fully saturated rings. The number of rotatable bonds is 6. The minimum atomic E-state index is -0.125. The highest BCUT2D eigenvalue weighted by molar-refractivity contribution is 5.94. The molecule has 0 bridgehead atoms. The van der Waals surface area contributed by atoms with Crippen molar-refractivity contribution in [2.75, 3.05) is 13.7 Å². The fourth-order valence-electron chi connectivity index (χ4n) is 3.14. The third kappa shape index (κ3) is 3.63. The van der Waals surface area contributed by atoms with E-state index in [1.165, 1.54) is 0 Å². The minimum Gasteiger partial charge on any atom is -0.390 e. The van der Waals surface area contributed by atoms with Gasteiger partial charge in [0, 0.05) is 19.2 Å². The molecule has 128 valence electrons. The average Bonchev–Trinajstić information content (AvgIpc) is 3.24. The van der Waals surface area contributed by atoms with Crippen molar-refractivity contribution in [3.8, 4) is 0 Å². The Morgan fingerprint density at radius 1 is 1.46 bits per heavy atom. The molecular formula is C17H22N4O3. The number of amides is 1. The van der Waals surface area contributed by atoms with E-state index in [4.69, 9.17) is 9.84 Å². The number of likely N-dealkylation sites (tertiary alicyclic amines) is 1. The maximum atomic E-state index is 12.9. The van der Waals surface area contributed by atoms with Gasteiger partial charge in [0.2, 0.25) is 0 Å². The lowest BCUT2D eigenvalue weighted by atomic mass is 10.1. The molecule has 1 aliphatic rings. The van der Waals surface area contributed by atoms with E-state index in [0.29, 0.717) is 24.4 Å². The number of carbonyl (C=O) groups excluding carboxylic acids is 1. The minimum absolute atomic E-state index is 0.0398. The summed E-state index contributed by atoms with van der Waals surface area (Å²) < 4.78 is 6.83. The third-order valence-corrected chi connectivity index (χ3v) is 4.27. The average molecular weight is 330 g/mol. The van der Waals surface area contributed by atoms with Crippen molar-refractivity contribution in [3.05, 3.63) is 47.3 Å². The summed E-state index contributed by atoms with van der Waals surface area (Å²) in [6, 6.07) is 7.67. The summed E-state index contributed by atoms with van der Waals surface area (Å²) in [5, 5.41) is 17.0. The van der Waals surface area contributed by atoms with Crippen LogP contribution in [0.2, 0.25) is 0 Å². The largest absolute Gasteiger partial charge is 0.390 e. The van der Waals surface area contributed by atoms with Crippen LogP contribution in [0, 0.1) is 0 Å². The van der Waals surface area contributed by atoms with Crippen LogP contribution in [-0.4, -0.2) is 50.6 Å². The van der Waals surface area contributed by atoms with Gasteiger partial charge in [0.05, 0.1) is 32.0 Å². The summed E-state index contributed by atoms with van der Waals surface area (Å²) in [7, 11) is 1.64. The molecule has 1 saturated heterocycles. The Morgan fingerprint density at radius 2 is 2.33 bits per heavy atom. The quantitative estimate of drug-likeness (QED) is 0.861. The summed E-state index contributed by atoms with van der Waals surface area (Å²) in [5.74, 6) is 0.0398. The molecule has 1 atom stereocenters. The molecule has 7 nitrogen and oxygen atoms in total. The van der Waals surface area contributed by atoms with Crippen molar-refractivity contribution in [1.29, 1.82) is 0 Å². The Bertz CT molecular complexity index is 701. The van der Waals surface area contributed by atoms with E-state index in [0.717, 1.165) is 24.9 Å². The Morgan fingerprint density at radius 3 is 3.08 bits per heavy atom. The Kier molecular flexibility index (Phi) is 5.22. The lowest BCUT2D eigenvalue weighted by molar-refractivity contribution is 0.0721. The van der Waals surface area contributed by atoms with Gasteiger partial charge in [-0.2, -0.15) is 0 Å². The molecule has 1 aromatic heterocycles. The van der Waals surface area contributed by atoms with Crippen molar-refractivity contribution in [3.63, 3.8) is 0 Å². The first-order chi connectivity index (χ1) is 11.7. The zero-order valence-electron chi connectivity index (χ0n) is 13.8. The van der Waals surface area contributed by atoms with Gasteiger partial charge in [-0.1, -0.05) is 17.3 Å². The third-order valence-electron chi connectivity index (χ3n) is 4.27. The van der Waals surface area contributed by atoms with Crippen LogP contribution in [-0.2, 0) is 24.5 Å². The van der Waals surface area contributed by atoms with E-state index in [-0.39, 0.29) is 18.6 Å².